The lowest BCUT2D eigenvalue weighted by molar-refractivity contribution is -0.153. The standard InChI is InChI=1S/C8H15NO3/c1-2-3-6-5-12-7(4-9-6)8(10)11/h6-7,9H,2-5H2,1H3,(H,10,11). The zero-order chi connectivity index (χ0) is 8.97. The molecule has 1 aliphatic rings. The number of ether oxygens (including phenoxy) is 1. The van der Waals surface area contributed by atoms with Crippen molar-refractivity contribution in [2.75, 3.05) is 13.2 Å². The van der Waals surface area contributed by atoms with Crippen LogP contribution < -0.4 is 5.32 Å². The van der Waals surface area contributed by atoms with Gasteiger partial charge in [-0.25, -0.2) is 4.79 Å². The summed E-state index contributed by atoms with van der Waals surface area (Å²) >= 11 is 0. The van der Waals surface area contributed by atoms with Gasteiger partial charge in [-0.05, 0) is 6.42 Å². The molecule has 0 aliphatic carbocycles. The van der Waals surface area contributed by atoms with Gasteiger partial charge < -0.3 is 15.2 Å². The van der Waals surface area contributed by atoms with Crippen molar-refractivity contribution >= 4 is 5.97 Å². The van der Waals surface area contributed by atoms with Crippen molar-refractivity contribution in [1.82, 2.24) is 5.32 Å². The van der Waals surface area contributed by atoms with Gasteiger partial charge >= 0.3 is 5.97 Å². The highest BCUT2D eigenvalue weighted by atomic mass is 16.5. The number of hydrogen-bond acceptors (Lipinski definition) is 3. The highest BCUT2D eigenvalue weighted by molar-refractivity contribution is 5.72. The molecule has 2 N–H and O–H groups in total. The lowest BCUT2D eigenvalue weighted by atomic mass is 10.1. The summed E-state index contributed by atoms with van der Waals surface area (Å²) < 4.78 is 5.14. The summed E-state index contributed by atoms with van der Waals surface area (Å²) in [6.45, 7) is 3.05. The van der Waals surface area contributed by atoms with E-state index in [-0.39, 0.29) is 0 Å². The monoisotopic (exact) mass is 173 g/mol. The van der Waals surface area contributed by atoms with Crippen LogP contribution in [0.2, 0.25) is 0 Å². The molecular weight excluding hydrogens is 158 g/mol. The molecule has 0 aromatic carbocycles. The molecule has 1 saturated heterocycles. The van der Waals surface area contributed by atoms with Crippen LogP contribution in [0, 0.1) is 0 Å². The van der Waals surface area contributed by atoms with Crippen molar-refractivity contribution in [2.24, 2.45) is 0 Å². The Morgan fingerprint density at radius 1 is 1.75 bits per heavy atom. The summed E-state index contributed by atoms with van der Waals surface area (Å²) in [7, 11) is 0. The molecule has 0 spiro atoms. The molecule has 0 aromatic rings. The Labute approximate surface area is 71.9 Å². The molecule has 0 bridgehead atoms. The number of aliphatic carboxylic acids is 1. The molecule has 4 heteroatoms. The fraction of sp³-hybridized carbons (Fsp3) is 0.875. The zero-order valence-corrected chi connectivity index (χ0v) is 7.25. The summed E-state index contributed by atoms with van der Waals surface area (Å²) in [5.74, 6) is -0.877. The number of rotatable bonds is 3. The Morgan fingerprint density at radius 2 is 2.50 bits per heavy atom. The summed E-state index contributed by atoms with van der Waals surface area (Å²) in [6, 6.07) is 0.339. The zero-order valence-electron chi connectivity index (χ0n) is 7.25. The van der Waals surface area contributed by atoms with Gasteiger partial charge in [-0.2, -0.15) is 0 Å². The third kappa shape index (κ3) is 2.46. The first-order valence-electron chi connectivity index (χ1n) is 4.31. The number of nitrogens with one attached hydrogen (secondary N) is 1. The van der Waals surface area contributed by atoms with Gasteiger partial charge in [0.25, 0.3) is 0 Å². The van der Waals surface area contributed by atoms with Crippen molar-refractivity contribution in [1.29, 1.82) is 0 Å². The summed E-state index contributed by atoms with van der Waals surface area (Å²) in [6.07, 6.45) is 1.49. The second-order valence-corrected chi connectivity index (χ2v) is 3.05. The number of carboxylic acid groups (broad SMARTS) is 1. The Hall–Kier alpha value is -0.610. The minimum Gasteiger partial charge on any atom is -0.479 e. The van der Waals surface area contributed by atoms with Crippen molar-refractivity contribution in [3.8, 4) is 0 Å². The molecule has 0 radical (unpaired) electrons. The number of carbonyl (C=O) groups is 1. The van der Waals surface area contributed by atoms with Gasteiger partial charge in [0.05, 0.1) is 6.61 Å². The average molecular weight is 173 g/mol. The van der Waals surface area contributed by atoms with Crippen molar-refractivity contribution in [2.45, 2.75) is 31.9 Å². The van der Waals surface area contributed by atoms with Crippen LogP contribution in [0.3, 0.4) is 0 Å². The van der Waals surface area contributed by atoms with Gasteiger partial charge in [-0.15, -0.1) is 0 Å². The molecule has 2 atom stereocenters. The maximum atomic E-state index is 10.5. The molecule has 1 fully saturated rings. The van der Waals surface area contributed by atoms with E-state index >= 15 is 0 Å². The fourth-order valence-corrected chi connectivity index (χ4v) is 1.32. The summed E-state index contributed by atoms with van der Waals surface area (Å²) in [4.78, 5) is 10.5. The van der Waals surface area contributed by atoms with Gasteiger partial charge in [0, 0.05) is 12.6 Å². The van der Waals surface area contributed by atoms with E-state index in [1.807, 2.05) is 0 Å². The van der Waals surface area contributed by atoms with E-state index in [4.69, 9.17) is 9.84 Å². The van der Waals surface area contributed by atoms with Gasteiger partial charge in [-0.3, -0.25) is 0 Å². The maximum absolute atomic E-state index is 10.5. The average Bonchev–Trinajstić information content (AvgIpc) is 2.06. The Bertz CT molecular complexity index is 152. The second kappa shape index (κ2) is 4.42. The fourth-order valence-electron chi connectivity index (χ4n) is 1.32. The van der Waals surface area contributed by atoms with Crippen LogP contribution in [-0.4, -0.2) is 36.4 Å². The highest BCUT2D eigenvalue weighted by Crippen LogP contribution is 2.05. The summed E-state index contributed by atoms with van der Waals surface area (Å²) in [5, 5.41) is 11.7. The minimum atomic E-state index is -0.877. The van der Waals surface area contributed by atoms with Gasteiger partial charge in [-0.1, -0.05) is 13.3 Å². The van der Waals surface area contributed by atoms with E-state index in [2.05, 4.69) is 12.2 Å². The van der Waals surface area contributed by atoms with Crippen molar-refractivity contribution in [3.63, 3.8) is 0 Å². The Balaban J connectivity index is 2.25. The van der Waals surface area contributed by atoms with Gasteiger partial charge in [0.2, 0.25) is 0 Å². The molecule has 1 rings (SSSR count). The van der Waals surface area contributed by atoms with Crippen LogP contribution in [0.15, 0.2) is 0 Å². The predicted molar refractivity (Wildman–Crippen MR) is 44.1 cm³/mol. The molecule has 1 aliphatic heterocycles. The molecule has 0 aromatic heterocycles. The van der Waals surface area contributed by atoms with Gasteiger partial charge in [0.1, 0.15) is 0 Å². The normalized spacial score (nSPS) is 30.1. The molecule has 2 unspecified atom stereocenters. The Kier molecular flexibility index (Phi) is 3.49. The number of hydrogen-bond donors (Lipinski definition) is 2. The van der Waals surface area contributed by atoms with Crippen LogP contribution in [0.1, 0.15) is 19.8 Å². The van der Waals surface area contributed by atoms with E-state index in [1.165, 1.54) is 0 Å². The predicted octanol–water partition coefficient (Wildman–Crippen LogP) is 0.228. The van der Waals surface area contributed by atoms with E-state index in [0.717, 1.165) is 12.8 Å². The van der Waals surface area contributed by atoms with E-state index in [1.54, 1.807) is 0 Å². The SMILES string of the molecule is CCCC1COC(C(=O)O)CN1. The lowest BCUT2D eigenvalue weighted by Crippen LogP contribution is -2.49. The molecular formula is C8H15NO3. The van der Waals surface area contributed by atoms with Crippen LogP contribution in [0.25, 0.3) is 0 Å². The topological polar surface area (TPSA) is 58.6 Å². The third-order valence-corrected chi connectivity index (χ3v) is 2.00. The highest BCUT2D eigenvalue weighted by Gasteiger charge is 2.25. The second-order valence-electron chi connectivity index (χ2n) is 3.05. The van der Waals surface area contributed by atoms with Gasteiger partial charge in [0.15, 0.2) is 6.10 Å². The Morgan fingerprint density at radius 3 is 2.92 bits per heavy atom. The molecule has 70 valence electrons. The van der Waals surface area contributed by atoms with Crippen molar-refractivity contribution in [3.05, 3.63) is 0 Å². The van der Waals surface area contributed by atoms with Crippen LogP contribution in [-0.2, 0) is 9.53 Å². The van der Waals surface area contributed by atoms with E-state index < -0.39 is 12.1 Å². The van der Waals surface area contributed by atoms with Crippen LogP contribution >= 0.6 is 0 Å². The number of morpholine rings is 1. The maximum Gasteiger partial charge on any atom is 0.334 e. The van der Waals surface area contributed by atoms with Crippen LogP contribution in [0.4, 0.5) is 0 Å². The third-order valence-electron chi connectivity index (χ3n) is 2.00. The molecule has 12 heavy (non-hydrogen) atoms. The molecule has 1 heterocycles. The van der Waals surface area contributed by atoms with Crippen LogP contribution in [0.5, 0.6) is 0 Å². The first-order valence-corrected chi connectivity index (χ1v) is 4.31. The smallest absolute Gasteiger partial charge is 0.334 e. The molecule has 4 nitrogen and oxygen atoms in total. The molecule has 0 saturated carbocycles. The lowest BCUT2D eigenvalue weighted by Gasteiger charge is -2.27. The van der Waals surface area contributed by atoms with E-state index in [0.29, 0.717) is 19.2 Å². The van der Waals surface area contributed by atoms with Crippen molar-refractivity contribution < 1.29 is 14.6 Å². The molecule has 0 amide bonds. The number of carboxylic acids is 1. The first-order chi connectivity index (χ1) is 5.74. The largest absolute Gasteiger partial charge is 0.479 e. The minimum absolute atomic E-state index is 0.339. The van der Waals surface area contributed by atoms with E-state index in [9.17, 15) is 4.79 Å². The quantitative estimate of drug-likeness (QED) is 0.641. The summed E-state index contributed by atoms with van der Waals surface area (Å²) in [5.41, 5.74) is 0. The first kappa shape index (κ1) is 9.48.